The van der Waals surface area contributed by atoms with E-state index in [1.807, 2.05) is 67.3 Å². The summed E-state index contributed by atoms with van der Waals surface area (Å²) in [5, 5.41) is 0.698. The summed E-state index contributed by atoms with van der Waals surface area (Å²) in [6.07, 6.45) is 0. The Hall–Kier alpha value is -1.80. The first-order valence-electron chi connectivity index (χ1n) is 6.71. The second-order valence-electron chi connectivity index (χ2n) is 4.73. The molecule has 2 aromatic rings. The molecular formula is C17H18ClNO. The van der Waals surface area contributed by atoms with Crippen LogP contribution in [-0.2, 0) is 6.54 Å². The number of aryl methyl sites for hydroxylation is 1. The van der Waals surface area contributed by atoms with Crippen molar-refractivity contribution in [3.8, 4) is 0 Å². The van der Waals surface area contributed by atoms with E-state index >= 15 is 0 Å². The van der Waals surface area contributed by atoms with Gasteiger partial charge in [-0.2, -0.15) is 0 Å². The van der Waals surface area contributed by atoms with Crippen molar-refractivity contribution in [1.82, 2.24) is 4.90 Å². The van der Waals surface area contributed by atoms with Crippen molar-refractivity contribution in [2.75, 3.05) is 6.54 Å². The van der Waals surface area contributed by atoms with Gasteiger partial charge in [0, 0.05) is 23.7 Å². The number of amides is 1. The van der Waals surface area contributed by atoms with E-state index < -0.39 is 0 Å². The summed E-state index contributed by atoms with van der Waals surface area (Å²) in [7, 11) is 0. The Morgan fingerprint density at radius 2 is 1.75 bits per heavy atom. The number of rotatable bonds is 4. The van der Waals surface area contributed by atoms with Crippen LogP contribution < -0.4 is 0 Å². The number of carbonyl (C=O) groups excluding carboxylic acids is 1. The number of hydrogen-bond acceptors (Lipinski definition) is 1. The maximum Gasteiger partial charge on any atom is 0.254 e. The first-order chi connectivity index (χ1) is 9.63. The van der Waals surface area contributed by atoms with Gasteiger partial charge in [0.05, 0.1) is 0 Å². The molecule has 0 saturated carbocycles. The van der Waals surface area contributed by atoms with E-state index in [9.17, 15) is 4.79 Å². The summed E-state index contributed by atoms with van der Waals surface area (Å²) >= 11 is 6.17. The number of nitrogens with zero attached hydrogens (tertiary/aromatic N) is 1. The predicted molar refractivity (Wildman–Crippen MR) is 83.0 cm³/mol. The topological polar surface area (TPSA) is 20.3 Å². The molecule has 0 unspecified atom stereocenters. The molecule has 2 aromatic carbocycles. The lowest BCUT2D eigenvalue weighted by molar-refractivity contribution is 0.0752. The molecule has 3 heteroatoms. The van der Waals surface area contributed by atoms with Gasteiger partial charge < -0.3 is 4.90 Å². The minimum atomic E-state index is 0.0468. The van der Waals surface area contributed by atoms with E-state index in [2.05, 4.69) is 0 Å². The predicted octanol–water partition coefficient (Wildman–Crippen LogP) is 4.31. The lowest BCUT2D eigenvalue weighted by Gasteiger charge is -2.22. The van der Waals surface area contributed by atoms with Crippen LogP contribution in [0, 0.1) is 6.92 Å². The summed E-state index contributed by atoms with van der Waals surface area (Å²) < 4.78 is 0. The van der Waals surface area contributed by atoms with Crippen molar-refractivity contribution >= 4 is 17.5 Å². The smallest absolute Gasteiger partial charge is 0.254 e. The van der Waals surface area contributed by atoms with Crippen molar-refractivity contribution in [3.05, 3.63) is 70.2 Å². The molecule has 20 heavy (non-hydrogen) atoms. The molecule has 0 N–H and O–H groups in total. The molecule has 0 aliphatic rings. The van der Waals surface area contributed by atoms with Gasteiger partial charge in [-0.05, 0) is 37.1 Å². The highest BCUT2D eigenvalue weighted by atomic mass is 35.5. The Kier molecular flexibility index (Phi) is 4.80. The highest BCUT2D eigenvalue weighted by Crippen LogP contribution is 2.19. The Morgan fingerprint density at radius 3 is 2.40 bits per heavy atom. The van der Waals surface area contributed by atoms with Crippen molar-refractivity contribution in [2.45, 2.75) is 20.4 Å². The zero-order valence-corrected chi connectivity index (χ0v) is 12.5. The second kappa shape index (κ2) is 6.58. The summed E-state index contributed by atoms with van der Waals surface area (Å²) in [6, 6.07) is 15.3. The molecule has 0 fully saturated rings. The first kappa shape index (κ1) is 14.6. The van der Waals surface area contributed by atoms with Crippen LogP contribution in [0.2, 0.25) is 5.02 Å². The molecule has 0 aliphatic heterocycles. The average Bonchev–Trinajstić information content (AvgIpc) is 2.46. The molecule has 0 saturated heterocycles. The molecule has 0 heterocycles. The Bertz CT molecular complexity index is 609. The SMILES string of the molecule is CCN(Cc1ccccc1Cl)C(=O)c1ccccc1C. The second-order valence-corrected chi connectivity index (χ2v) is 5.13. The Labute approximate surface area is 125 Å². The number of benzene rings is 2. The quantitative estimate of drug-likeness (QED) is 0.820. The van der Waals surface area contributed by atoms with Gasteiger partial charge in [0.25, 0.3) is 5.91 Å². The van der Waals surface area contributed by atoms with Crippen molar-refractivity contribution in [3.63, 3.8) is 0 Å². The third kappa shape index (κ3) is 3.20. The van der Waals surface area contributed by atoms with Gasteiger partial charge in [-0.1, -0.05) is 48.0 Å². The monoisotopic (exact) mass is 287 g/mol. The molecule has 104 valence electrons. The molecule has 0 spiro atoms. The normalized spacial score (nSPS) is 10.3. The number of halogens is 1. The third-order valence-electron chi connectivity index (χ3n) is 3.36. The van der Waals surface area contributed by atoms with Crippen LogP contribution in [-0.4, -0.2) is 17.4 Å². The molecule has 0 aliphatic carbocycles. The maximum atomic E-state index is 12.6. The molecule has 0 atom stereocenters. The van der Waals surface area contributed by atoms with Crippen LogP contribution in [0.4, 0.5) is 0 Å². The van der Waals surface area contributed by atoms with Crippen LogP contribution in [0.15, 0.2) is 48.5 Å². The summed E-state index contributed by atoms with van der Waals surface area (Å²) in [6.45, 7) is 5.12. The molecule has 2 nitrogen and oxygen atoms in total. The summed E-state index contributed by atoms with van der Waals surface area (Å²) in [5.41, 5.74) is 2.72. The van der Waals surface area contributed by atoms with E-state index in [1.54, 1.807) is 0 Å². The van der Waals surface area contributed by atoms with Crippen LogP contribution in [0.25, 0.3) is 0 Å². The largest absolute Gasteiger partial charge is 0.335 e. The molecule has 2 rings (SSSR count). The van der Waals surface area contributed by atoms with Gasteiger partial charge in [-0.15, -0.1) is 0 Å². The molecule has 0 aromatic heterocycles. The number of carbonyl (C=O) groups is 1. The van der Waals surface area contributed by atoms with E-state index in [0.717, 1.165) is 16.7 Å². The molecule has 0 radical (unpaired) electrons. The molecule has 1 amide bonds. The average molecular weight is 288 g/mol. The molecule has 0 bridgehead atoms. The van der Waals surface area contributed by atoms with Crippen molar-refractivity contribution in [2.24, 2.45) is 0 Å². The standard InChI is InChI=1S/C17H18ClNO/c1-3-19(12-14-9-5-7-11-16(14)18)17(20)15-10-6-4-8-13(15)2/h4-11H,3,12H2,1-2H3. The Morgan fingerprint density at radius 1 is 1.10 bits per heavy atom. The van der Waals surface area contributed by atoms with E-state index in [-0.39, 0.29) is 5.91 Å². The van der Waals surface area contributed by atoms with Gasteiger partial charge in [-0.25, -0.2) is 0 Å². The van der Waals surface area contributed by atoms with Gasteiger partial charge in [0.15, 0.2) is 0 Å². The van der Waals surface area contributed by atoms with Crippen molar-refractivity contribution < 1.29 is 4.79 Å². The maximum absolute atomic E-state index is 12.6. The lowest BCUT2D eigenvalue weighted by atomic mass is 10.1. The fourth-order valence-electron chi connectivity index (χ4n) is 2.14. The fourth-order valence-corrected chi connectivity index (χ4v) is 2.34. The highest BCUT2D eigenvalue weighted by Gasteiger charge is 2.16. The lowest BCUT2D eigenvalue weighted by Crippen LogP contribution is -2.30. The van der Waals surface area contributed by atoms with E-state index in [1.165, 1.54) is 0 Å². The van der Waals surface area contributed by atoms with Crippen LogP contribution in [0.5, 0.6) is 0 Å². The summed E-state index contributed by atoms with van der Waals surface area (Å²) in [4.78, 5) is 14.4. The number of hydrogen-bond donors (Lipinski definition) is 0. The van der Waals surface area contributed by atoms with Crippen molar-refractivity contribution in [1.29, 1.82) is 0 Å². The minimum Gasteiger partial charge on any atom is -0.335 e. The van der Waals surface area contributed by atoms with Crippen LogP contribution in [0.1, 0.15) is 28.4 Å². The van der Waals surface area contributed by atoms with Crippen LogP contribution >= 0.6 is 11.6 Å². The van der Waals surface area contributed by atoms with Gasteiger partial charge in [0.1, 0.15) is 0 Å². The third-order valence-corrected chi connectivity index (χ3v) is 3.73. The van der Waals surface area contributed by atoms with Crippen LogP contribution in [0.3, 0.4) is 0 Å². The minimum absolute atomic E-state index is 0.0468. The van der Waals surface area contributed by atoms with Gasteiger partial charge >= 0.3 is 0 Å². The fraction of sp³-hybridized carbons (Fsp3) is 0.235. The van der Waals surface area contributed by atoms with Gasteiger partial charge in [0.2, 0.25) is 0 Å². The van der Waals surface area contributed by atoms with E-state index in [0.29, 0.717) is 18.1 Å². The first-order valence-corrected chi connectivity index (χ1v) is 7.09. The van der Waals surface area contributed by atoms with E-state index in [4.69, 9.17) is 11.6 Å². The highest BCUT2D eigenvalue weighted by molar-refractivity contribution is 6.31. The molecular weight excluding hydrogens is 270 g/mol. The van der Waals surface area contributed by atoms with Gasteiger partial charge in [-0.3, -0.25) is 4.79 Å². The Balaban J connectivity index is 2.23. The zero-order valence-electron chi connectivity index (χ0n) is 11.8. The zero-order chi connectivity index (χ0) is 14.5. The summed E-state index contributed by atoms with van der Waals surface area (Å²) in [5.74, 6) is 0.0468.